The first-order chi connectivity index (χ1) is 5.22. The molecule has 63 valence electrons. The van der Waals surface area contributed by atoms with Gasteiger partial charge in [-0.1, -0.05) is 19.8 Å². The topological polar surface area (TPSA) is 20.2 Å². The average molecular weight is 153 g/mol. The normalized spacial score (nSPS) is 37.1. The molecule has 2 saturated carbocycles. The summed E-state index contributed by atoms with van der Waals surface area (Å²) < 4.78 is 0. The van der Waals surface area contributed by atoms with Gasteiger partial charge in [0.25, 0.3) is 0 Å². The third kappa shape index (κ3) is 1.31. The largest absolute Gasteiger partial charge is 0.387 e. The Bertz CT molecular complexity index is 149. The Kier molecular flexibility index (Phi) is 1.71. The molecule has 0 aliphatic heterocycles. The Labute approximate surface area is 68.8 Å². The predicted octanol–water partition coefficient (Wildman–Crippen LogP) is 2.88. The van der Waals surface area contributed by atoms with Crippen molar-refractivity contribution in [3.8, 4) is 0 Å². The first-order valence-corrected chi connectivity index (χ1v) is 4.77. The summed E-state index contributed by atoms with van der Waals surface area (Å²) in [7, 11) is 0. The minimum atomic E-state index is 0.504. The molecule has 0 aromatic rings. The highest BCUT2D eigenvalue weighted by Gasteiger charge is 2.48. The highest BCUT2D eigenvalue weighted by Crippen LogP contribution is 2.57. The lowest BCUT2D eigenvalue weighted by Crippen LogP contribution is -2.24. The van der Waals surface area contributed by atoms with E-state index in [1.807, 2.05) is 0 Å². The van der Waals surface area contributed by atoms with Crippen molar-refractivity contribution in [1.29, 1.82) is 0 Å². The number of hydrogen-bond acceptors (Lipinski definition) is 1. The standard InChI is InChI=1S/C10H17O/c1-10(6-7-10)8-4-2-3-5-9(8)11/h8,11H,2-7H2,1H3. The van der Waals surface area contributed by atoms with Crippen LogP contribution in [0.1, 0.15) is 45.4 Å². The van der Waals surface area contributed by atoms with Gasteiger partial charge in [0, 0.05) is 0 Å². The number of rotatable bonds is 1. The molecule has 2 aliphatic rings. The summed E-state index contributed by atoms with van der Waals surface area (Å²) in [4.78, 5) is 0. The van der Waals surface area contributed by atoms with Gasteiger partial charge in [0.05, 0.1) is 6.10 Å². The van der Waals surface area contributed by atoms with E-state index in [0.717, 1.165) is 12.5 Å². The zero-order chi connectivity index (χ0) is 7.90. The van der Waals surface area contributed by atoms with E-state index in [1.54, 1.807) is 0 Å². The molecule has 0 bridgehead atoms. The van der Waals surface area contributed by atoms with Crippen molar-refractivity contribution >= 4 is 0 Å². The Morgan fingerprint density at radius 1 is 1.36 bits per heavy atom. The van der Waals surface area contributed by atoms with E-state index >= 15 is 0 Å². The Morgan fingerprint density at radius 2 is 2.09 bits per heavy atom. The van der Waals surface area contributed by atoms with E-state index in [-0.39, 0.29) is 0 Å². The van der Waals surface area contributed by atoms with E-state index in [2.05, 4.69) is 6.92 Å². The molecular weight excluding hydrogens is 136 g/mol. The SMILES string of the molecule is CC1(C2CCCC[C]2O)CC1. The van der Waals surface area contributed by atoms with Crippen molar-refractivity contribution in [3.63, 3.8) is 0 Å². The number of aliphatic hydroxyl groups excluding tert-OH is 1. The molecule has 0 heterocycles. The second kappa shape index (κ2) is 2.48. The van der Waals surface area contributed by atoms with Gasteiger partial charge in [-0.05, 0) is 37.0 Å². The minimum absolute atomic E-state index is 0.504. The van der Waals surface area contributed by atoms with Gasteiger partial charge in [-0.25, -0.2) is 0 Å². The molecule has 1 N–H and O–H groups in total. The van der Waals surface area contributed by atoms with Crippen LogP contribution in [0.25, 0.3) is 0 Å². The zero-order valence-corrected chi connectivity index (χ0v) is 7.27. The fraction of sp³-hybridized carbons (Fsp3) is 0.900. The number of hydrogen-bond donors (Lipinski definition) is 1. The van der Waals surface area contributed by atoms with Crippen molar-refractivity contribution in [2.75, 3.05) is 0 Å². The van der Waals surface area contributed by atoms with Gasteiger partial charge in [0.1, 0.15) is 0 Å². The fourth-order valence-electron chi connectivity index (χ4n) is 2.29. The van der Waals surface area contributed by atoms with Gasteiger partial charge in [-0.15, -0.1) is 0 Å². The van der Waals surface area contributed by atoms with Crippen LogP contribution in [-0.2, 0) is 0 Å². The Balaban J connectivity index is 1.99. The first kappa shape index (κ1) is 7.60. The highest BCUT2D eigenvalue weighted by molar-refractivity contribution is 5.04. The summed E-state index contributed by atoms with van der Waals surface area (Å²) in [6.45, 7) is 2.32. The second-order valence-electron chi connectivity index (χ2n) is 4.44. The summed E-state index contributed by atoms with van der Waals surface area (Å²) >= 11 is 0. The summed E-state index contributed by atoms with van der Waals surface area (Å²) in [5.41, 5.74) is 0.504. The van der Waals surface area contributed by atoms with Crippen LogP contribution in [0.2, 0.25) is 0 Å². The molecule has 0 aromatic heterocycles. The van der Waals surface area contributed by atoms with E-state index in [4.69, 9.17) is 0 Å². The van der Waals surface area contributed by atoms with E-state index in [9.17, 15) is 5.11 Å². The van der Waals surface area contributed by atoms with Crippen LogP contribution in [0.5, 0.6) is 0 Å². The van der Waals surface area contributed by atoms with Crippen LogP contribution in [0.15, 0.2) is 0 Å². The molecule has 0 saturated heterocycles. The summed E-state index contributed by atoms with van der Waals surface area (Å²) in [5.74, 6) is 0.552. The maximum Gasteiger partial charge on any atom is 0.0969 e. The molecule has 2 aliphatic carbocycles. The van der Waals surface area contributed by atoms with Gasteiger partial charge < -0.3 is 5.11 Å². The molecule has 1 radical (unpaired) electrons. The van der Waals surface area contributed by atoms with Crippen molar-refractivity contribution in [1.82, 2.24) is 0 Å². The molecule has 2 fully saturated rings. The van der Waals surface area contributed by atoms with E-state index < -0.39 is 0 Å². The maximum absolute atomic E-state index is 9.66. The minimum Gasteiger partial charge on any atom is -0.387 e. The average Bonchev–Trinajstić information content (AvgIpc) is 2.70. The highest BCUT2D eigenvalue weighted by atomic mass is 16.3. The number of aliphatic hydroxyl groups is 1. The van der Waals surface area contributed by atoms with Crippen molar-refractivity contribution in [3.05, 3.63) is 6.10 Å². The van der Waals surface area contributed by atoms with Gasteiger partial charge >= 0.3 is 0 Å². The van der Waals surface area contributed by atoms with Crippen molar-refractivity contribution in [2.24, 2.45) is 11.3 Å². The van der Waals surface area contributed by atoms with Crippen LogP contribution in [-0.4, -0.2) is 5.11 Å². The smallest absolute Gasteiger partial charge is 0.0969 e. The molecule has 2 rings (SSSR count). The first-order valence-electron chi connectivity index (χ1n) is 4.77. The fourth-order valence-corrected chi connectivity index (χ4v) is 2.29. The molecule has 1 atom stereocenters. The van der Waals surface area contributed by atoms with Crippen LogP contribution in [0, 0.1) is 17.4 Å². The molecular formula is C10H17O. The van der Waals surface area contributed by atoms with Crippen LogP contribution in [0.3, 0.4) is 0 Å². The van der Waals surface area contributed by atoms with Crippen molar-refractivity contribution in [2.45, 2.75) is 45.4 Å². The van der Waals surface area contributed by atoms with E-state index in [1.165, 1.54) is 32.1 Å². The molecule has 0 aromatic carbocycles. The molecule has 0 spiro atoms. The molecule has 1 heteroatoms. The summed E-state index contributed by atoms with van der Waals surface area (Å²) in [6.07, 6.45) is 8.21. The van der Waals surface area contributed by atoms with Gasteiger partial charge in [0.2, 0.25) is 0 Å². The summed E-state index contributed by atoms with van der Waals surface area (Å²) in [6, 6.07) is 0. The second-order valence-corrected chi connectivity index (χ2v) is 4.44. The molecule has 1 nitrogen and oxygen atoms in total. The summed E-state index contributed by atoms with van der Waals surface area (Å²) in [5, 5.41) is 9.66. The van der Waals surface area contributed by atoms with Crippen LogP contribution >= 0.6 is 0 Å². The third-order valence-electron chi connectivity index (χ3n) is 3.46. The Hall–Kier alpha value is -0.0400. The molecule has 0 amide bonds. The van der Waals surface area contributed by atoms with Crippen molar-refractivity contribution < 1.29 is 5.11 Å². The predicted molar refractivity (Wildman–Crippen MR) is 44.5 cm³/mol. The van der Waals surface area contributed by atoms with Gasteiger partial charge in [0.15, 0.2) is 0 Å². The lowest BCUT2D eigenvalue weighted by atomic mass is 9.77. The molecule has 1 unspecified atom stereocenters. The van der Waals surface area contributed by atoms with E-state index in [0.29, 0.717) is 11.3 Å². The lowest BCUT2D eigenvalue weighted by molar-refractivity contribution is 0.128. The lowest BCUT2D eigenvalue weighted by Gasteiger charge is -2.31. The van der Waals surface area contributed by atoms with Gasteiger partial charge in [-0.3, -0.25) is 0 Å². The molecule has 11 heavy (non-hydrogen) atoms. The maximum atomic E-state index is 9.66. The zero-order valence-electron chi connectivity index (χ0n) is 7.27. The van der Waals surface area contributed by atoms with Crippen LogP contribution in [0.4, 0.5) is 0 Å². The quantitative estimate of drug-likeness (QED) is 0.614. The van der Waals surface area contributed by atoms with Crippen LogP contribution < -0.4 is 0 Å². The van der Waals surface area contributed by atoms with Gasteiger partial charge in [-0.2, -0.15) is 0 Å². The Morgan fingerprint density at radius 3 is 2.64 bits per heavy atom. The monoisotopic (exact) mass is 153 g/mol. The third-order valence-corrected chi connectivity index (χ3v) is 3.46.